The van der Waals surface area contributed by atoms with Gasteiger partial charge >= 0.3 is 0 Å². The predicted octanol–water partition coefficient (Wildman–Crippen LogP) is 4.45. The number of piperazine rings is 1. The summed E-state index contributed by atoms with van der Waals surface area (Å²) in [5.74, 6) is 0.566. The highest BCUT2D eigenvalue weighted by Gasteiger charge is 2.30. The molecule has 0 bridgehead atoms. The van der Waals surface area contributed by atoms with Crippen LogP contribution in [0.4, 0.5) is 11.4 Å². The quantitative estimate of drug-likeness (QED) is 0.387. The van der Waals surface area contributed by atoms with E-state index in [1.807, 2.05) is 18.2 Å². The maximum Gasteiger partial charge on any atom is 0.255 e. The topological polar surface area (TPSA) is 100 Å². The molecular formula is C31H38N4O5S. The minimum absolute atomic E-state index is 0.159. The monoisotopic (exact) mass is 578 g/mol. The Kier molecular flexibility index (Phi) is 8.82. The second kappa shape index (κ2) is 12.5. The summed E-state index contributed by atoms with van der Waals surface area (Å²) in [5, 5.41) is 2.87. The van der Waals surface area contributed by atoms with Crippen molar-refractivity contribution in [2.75, 3.05) is 57.2 Å². The van der Waals surface area contributed by atoms with Gasteiger partial charge in [-0.1, -0.05) is 31.2 Å². The third-order valence-corrected chi connectivity index (χ3v) is 9.45. The van der Waals surface area contributed by atoms with Crippen LogP contribution in [-0.2, 0) is 16.4 Å². The van der Waals surface area contributed by atoms with Crippen LogP contribution < -0.4 is 24.4 Å². The van der Waals surface area contributed by atoms with E-state index in [2.05, 4.69) is 32.8 Å². The van der Waals surface area contributed by atoms with Crippen molar-refractivity contribution in [1.29, 1.82) is 0 Å². The third kappa shape index (κ3) is 6.50. The highest BCUT2D eigenvalue weighted by molar-refractivity contribution is 7.89. The molecule has 1 amide bonds. The molecule has 1 saturated heterocycles. The smallest absolute Gasteiger partial charge is 0.255 e. The molecule has 1 heterocycles. The van der Waals surface area contributed by atoms with Gasteiger partial charge < -0.3 is 24.6 Å². The Labute approximate surface area is 242 Å². The summed E-state index contributed by atoms with van der Waals surface area (Å²) < 4.78 is 41.8. The molecule has 0 aromatic heterocycles. The van der Waals surface area contributed by atoms with Gasteiger partial charge in [0.1, 0.15) is 16.4 Å². The number of hydrogen-bond donors (Lipinski definition) is 2. The van der Waals surface area contributed by atoms with Crippen LogP contribution in [0.1, 0.15) is 47.3 Å². The Hall–Kier alpha value is -3.60. The second-order valence-electron chi connectivity index (χ2n) is 10.4. The number of nitrogens with one attached hydrogen (secondary N) is 2. The van der Waals surface area contributed by atoms with Crippen molar-refractivity contribution >= 4 is 27.3 Å². The van der Waals surface area contributed by atoms with Gasteiger partial charge in [0, 0.05) is 49.5 Å². The van der Waals surface area contributed by atoms with E-state index in [4.69, 9.17) is 9.47 Å². The van der Waals surface area contributed by atoms with Crippen LogP contribution in [0.25, 0.3) is 0 Å². The summed E-state index contributed by atoms with van der Waals surface area (Å²) in [6.45, 7) is 6.25. The molecule has 1 fully saturated rings. The Morgan fingerprint density at radius 3 is 2.34 bits per heavy atom. The number of likely N-dealkylation sites (N-methyl/N-ethyl adjacent to an activating group) is 1. The summed E-state index contributed by atoms with van der Waals surface area (Å²) in [7, 11) is -0.906. The van der Waals surface area contributed by atoms with E-state index in [1.54, 1.807) is 36.4 Å². The second-order valence-corrected chi connectivity index (χ2v) is 12.1. The van der Waals surface area contributed by atoms with Crippen LogP contribution in [0.5, 0.6) is 11.5 Å². The van der Waals surface area contributed by atoms with Crippen LogP contribution in [0.3, 0.4) is 0 Å². The number of sulfonamides is 1. The number of ether oxygens (including phenoxy) is 2. The largest absolute Gasteiger partial charge is 0.497 e. The van der Waals surface area contributed by atoms with Crippen LogP contribution in [0, 0.1) is 0 Å². The maximum absolute atomic E-state index is 14.1. The first-order valence-electron chi connectivity index (χ1n) is 14.1. The average molecular weight is 579 g/mol. The number of amides is 1. The Bertz CT molecular complexity index is 1480. The molecular weight excluding hydrogens is 540 g/mol. The van der Waals surface area contributed by atoms with Crippen molar-refractivity contribution in [2.45, 2.75) is 37.1 Å². The normalized spacial score (nSPS) is 17.5. The van der Waals surface area contributed by atoms with E-state index in [9.17, 15) is 13.2 Å². The van der Waals surface area contributed by atoms with Gasteiger partial charge in [0.05, 0.1) is 19.9 Å². The number of hydrogen-bond acceptors (Lipinski definition) is 7. The SMILES string of the molecule is CCN1CCN(c2ccc(NC(=O)c3cc(OC)cc(OC)c3)cc2S(=O)(=O)N[C@@H]2CCCc3ccccc32)CC1. The molecule has 0 saturated carbocycles. The molecule has 41 heavy (non-hydrogen) atoms. The van der Waals surface area contributed by atoms with Crippen molar-refractivity contribution in [1.82, 2.24) is 9.62 Å². The fourth-order valence-electron chi connectivity index (χ4n) is 5.64. The summed E-state index contributed by atoms with van der Waals surface area (Å²) in [6.07, 6.45) is 2.59. The summed E-state index contributed by atoms with van der Waals surface area (Å²) in [5.41, 5.74) is 3.56. The molecule has 9 nitrogen and oxygen atoms in total. The molecule has 1 atom stereocenters. The zero-order valence-corrected chi connectivity index (χ0v) is 24.7. The first-order chi connectivity index (χ1) is 19.8. The number of carbonyl (C=O) groups excluding carboxylic acids is 1. The highest BCUT2D eigenvalue weighted by atomic mass is 32.2. The van der Waals surface area contributed by atoms with Crippen molar-refractivity contribution in [3.63, 3.8) is 0 Å². The summed E-state index contributed by atoms with van der Waals surface area (Å²) >= 11 is 0. The van der Waals surface area contributed by atoms with Gasteiger partial charge in [0.25, 0.3) is 5.91 Å². The van der Waals surface area contributed by atoms with Gasteiger partial charge in [-0.05, 0) is 67.3 Å². The van der Waals surface area contributed by atoms with Gasteiger partial charge in [-0.25, -0.2) is 13.1 Å². The minimum Gasteiger partial charge on any atom is -0.497 e. The molecule has 3 aromatic carbocycles. The number of aryl methyl sites for hydroxylation is 1. The lowest BCUT2D eigenvalue weighted by Gasteiger charge is -2.36. The number of methoxy groups -OCH3 is 2. The lowest BCUT2D eigenvalue weighted by Crippen LogP contribution is -2.46. The van der Waals surface area contributed by atoms with Gasteiger partial charge in [-0.15, -0.1) is 0 Å². The number of fused-ring (bicyclic) bond motifs is 1. The Balaban J connectivity index is 1.47. The van der Waals surface area contributed by atoms with E-state index in [0.29, 0.717) is 28.4 Å². The molecule has 0 spiro atoms. The zero-order chi connectivity index (χ0) is 29.0. The lowest BCUT2D eigenvalue weighted by molar-refractivity contribution is 0.102. The first kappa shape index (κ1) is 28.9. The minimum atomic E-state index is -3.94. The average Bonchev–Trinajstić information content (AvgIpc) is 3.00. The van der Waals surface area contributed by atoms with Crippen LogP contribution >= 0.6 is 0 Å². The van der Waals surface area contributed by atoms with E-state index in [-0.39, 0.29) is 10.9 Å². The molecule has 5 rings (SSSR count). The standard InChI is InChI=1S/C31H38N4O5S/c1-4-34-14-16-35(17-15-34)29-13-12-24(32-31(36)23-18-25(39-2)21-26(19-23)40-3)20-30(29)41(37,38)33-28-11-7-9-22-8-5-6-10-27(22)28/h5-6,8,10,12-13,18-21,28,33H,4,7,9,11,14-17H2,1-3H3,(H,32,36)/t28-/m1/s1. The molecule has 218 valence electrons. The van der Waals surface area contributed by atoms with Gasteiger partial charge in [0.2, 0.25) is 10.0 Å². The Morgan fingerprint density at radius 2 is 1.66 bits per heavy atom. The number of carbonyl (C=O) groups is 1. The van der Waals surface area contributed by atoms with E-state index >= 15 is 0 Å². The van der Waals surface area contributed by atoms with E-state index < -0.39 is 15.9 Å². The number of nitrogens with zero attached hydrogens (tertiary/aromatic N) is 2. The lowest BCUT2D eigenvalue weighted by atomic mass is 9.88. The van der Waals surface area contributed by atoms with Crippen LogP contribution in [0.2, 0.25) is 0 Å². The zero-order valence-electron chi connectivity index (χ0n) is 23.9. The summed E-state index contributed by atoms with van der Waals surface area (Å²) in [4.78, 5) is 17.8. The molecule has 2 N–H and O–H groups in total. The molecule has 3 aromatic rings. The fraction of sp³-hybridized carbons (Fsp3) is 0.387. The third-order valence-electron chi connectivity index (χ3n) is 7.95. The van der Waals surface area contributed by atoms with Gasteiger partial charge in [0.15, 0.2) is 0 Å². The van der Waals surface area contributed by atoms with Gasteiger partial charge in [-0.3, -0.25) is 4.79 Å². The number of benzene rings is 3. The molecule has 1 aliphatic heterocycles. The van der Waals surface area contributed by atoms with Crippen molar-refractivity contribution < 1.29 is 22.7 Å². The molecule has 1 aliphatic carbocycles. The molecule has 2 aliphatic rings. The first-order valence-corrected chi connectivity index (χ1v) is 15.6. The Morgan fingerprint density at radius 1 is 0.951 bits per heavy atom. The maximum atomic E-state index is 14.1. The number of rotatable bonds is 9. The van der Waals surface area contributed by atoms with Crippen LogP contribution in [-0.4, -0.2) is 66.2 Å². The summed E-state index contributed by atoms with van der Waals surface area (Å²) in [6, 6.07) is 17.7. The highest BCUT2D eigenvalue weighted by Crippen LogP contribution is 2.34. The van der Waals surface area contributed by atoms with Gasteiger partial charge in [-0.2, -0.15) is 0 Å². The van der Waals surface area contributed by atoms with E-state index in [1.165, 1.54) is 19.8 Å². The van der Waals surface area contributed by atoms with Crippen LogP contribution in [0.15, 0.2) is 65.6 Å². The fourth-order valence-corrected chi connectivity index (χ4v) is 7.14. The number of anilines is 2. The molecule has 0 radical (unpaired) electrons. The molecule has 0 unspecified atom stereocenters. The molecule has 10 heteroatoms. The van der Waals surface area contributed by atoms with E-state index in [0.717, 1.165) is 57.5 Å². The van der Waals surface area contributed by atoms with Crippen molar-refractivity contribution in [2.24, 2.45) is 0 Å². The van der Waals surface area contributed by atoms with Crippen molar-refractivity contribution in [3.05, 3.63) is 77.4 Å². The predicted molar refractivity (Wildman–Crippen MR) is 161 cm³/mol. The van der Waals surface area contributed by atoms with Crippen molar-refractivity contribution in [3.8, 4) is 11.5 Å².